The van der Waals surface area contributed by atoms with Gasteiger partial charge >= 0.3 is 5.82 Å². The number of hydrogen-bond acceptors (Lipinski definition) is 4. The van der Waals surface area contributed by atoms with E-state index in [2.05, 4.69) is 37.7 Å². The quantitative estimate of drug-likeness (QED) is 0.528. The van der Waals surface area contributed by atoms with E-state index in [0.717, 1.165) is 25.0 Å². The standard InChI is InChI=1S/C10H15N3O2.C5H12/c1-3-4-5-8(2)9-6-12-10(7-11-9)13(14)15;1-3-5-4-2/h6-8H,3-5H2,1-2H3;3-5H2,1-2H3. The number of hydrogen-bond donors (Lipinski definition) is 0. The van der Waals surface area contributed by atoms with E-state index in [0.29, 0.717) is 5.92 Å². The fourth-order valence-corrected chi connectivity index (χ4v) is 1.69. The molecule has 0 bridgehead atoms. The summed E-state index contributed by atoms with van der Waals surface area (Å²) in [5.41, 5.74) is 0.828. The van der Waals surface area contributed by atoms with Crippen LogP contribution in [-0.4, -0.2) is 14.9 Å². The maximum Gasteiger partial charge on any atom is 0.381 e. The summed E-state index contributed by atoms with van der Waals surface area (Å²) in [6.07, 6.45) is 10.1. The predicted molar refractivity (Wildman–Crippen MR) is 81.8 cm³/mol. The first-order valence-corrected chi connectivity index (χ1v) is 7.53. The van der Waals surface area contributed by atoms with E-state index in [-0.39, 0.29) is 5.82 Å². The van der Waals surface area contributed by atoms with Crippen LogP contribution in [-0.2, 0) is 0 Å². The summed E-state index contributed by atoms with van der Waals surface area (Å²) in [6, 6.07) is 0. The smallest absolute Gasteiger partial charge is 0.358 e. The molecule has 0 saturated heterocycles. The first-order valence-electron chi connectivity index (χ1n) is 7.53. The van der Waals surface area contributed by atoms with E-state index in [1.165, 1.54) is 31.7 Å². The van der Waals surface area contributed by atoms with Gasteiger partial charge in [-0.25, -0.2) is 4.98 Å². The molecule has 0 radical (unpaired) electrons. The minimum atomic E-state index is -0.534. The number of unbranched alkanes of at least 4 members (excludes halogenated alkanes) is 3. The monoisotopic (exact) mass is 281 g/mol. The second-order valence-corrected chi connectivity index (χ2v) is 4.95. The molecule has 0 spiro atoms. The molecule has 0 amide bonds. The van der Waals surface area contributed by atoms with Crippen molar-refractivity contribution in [2.24, 2.45) is 0 Å². The van der Waals surface area contributed by atoms with Crippen LogP contribution in [0.25, 0.3) is 0 Å². The largest absolute Gasteiger partial charge is 0.381 e. The fraction of sp³-hybridized carbons (Fsp3) is 0.733. The lowest BCUT2D eigenvalue weighted by Crippen LogP contribution is -2.00. The Bertz CT molecular complexity index is 364. The van der Waals surface area contributed by atoms with Gasteiger partial charge in [0, 0.05) is 5.92 Å². The normalized spacial score (nSPS) is 11.4. The zero-order chi connectivity index (χ0) is 15.4. The van der Waals surface area contributed by atoms with E-state index in [1.807, 2.05) is 0 Å². The minimum absolute atomic E-state index is 0.193. The third kappa shape index (κ3) is 7.81. The van der Waals surface area contributed by atoms with Crippen molar-refractivity contribution in [2.75, 3.05) is 0 Å². The van der Waals surface area contributed by atoms with Crippen LogP contribution in [0.5, 0.6) is 0 Å². The molecule has 5 heteroatoms. The van der Waals surface area contributed by atoms with Gasteiger partial charge < -0.3 is 10.1 Å². The molecule has 0 aliphatic heterocycles. The second-order valence-electron chi connectivity index (χ2n) is 4.95. The maximum atomic E-state index is 10.4. The summed E-state index contributed by atoms with van der Waals surface area (Å²) in [5, 5.41) is 10.4. The van der Waals surface area contributed by atoms with Gasteiger partial charge in [0.05, 0.1) is 5.69 Å². The summed E-state index contributed by atoms with van der Waals surface area (Å²) in [6.45, 7) is 8.62. The molecule has 0 aliphatic carbocycles. The van der Waals surface area contributed by atoms with Gasteiger partial charge in [0.25, 0.3) is 0 Å². The van der Waals surface area contributed by atoms with Crippen LogP contribution in [0.15, 0.2) is 12.4 Å². The van der Waals surface area contributed by atoms with Crippen molar-refractivity contribution in [3.05, 3.63) is 28.2 Å². The van der Waals surface area contributed by atoms with Crippen molar-refractivity contribution in [1.82, 2.24) is 9.97 Å². The molecule has 0 aromatic carbocycles. The number of nitro groups is 1. The maximum absolute atomic E-state index is 10.4. The summed E-state index contributed by atoms with van der Waals surface area (Å²) < 4.78 is 0. The zero-order valence-corrected chi connectivity index (χ0v) is 13.1. The summed E-state index contributed by atoms with van der Waals surface area (Å²) in [7, 11) is 0. The molecule has 20 heavy (non-hydrogen) atoms. The van der Waals surface area contributed by atoms with E-state index in [4.69, 9.17) is 0 Å². The Kier molecular flexibility index (Phi) is 10.5. The van der Waals surface area contributed by atoms with Gasteiger partial charge in [-0.3, -0.25) is 0 Å². The van der Waals surface area contributed by atoms with Crippen LogP contribution in [0.1, 0.15) is 77.8 Å². The molecule has 5 nitrogen and oxygen atoms in total. The lowest BCUT2D eigenvalue weighted by atomic mass is 10.0. The predicted octanol–water partition coefficient (Wildman–Crippen LogP) is 4.88. The molecule has 1 heterocycles. The zero-order valence-electron chi connectivity index (χ0n) is 13.1. The van der Waals surface area contributed by atoms with Crippen molar-refractivity contribution in [3.63, 3.8) is 0 Å². The molecule has 114 valence electrons. The molecule has 1 unspecified atom stereocenters. The Hall–Kier alpha value is -1.52. The van der Waals surface area contributed by atoms with Crippen molar-refractivity contribution < 1.29 is 4.92 Å². The number of rotatable bonds is 7. The molecule has 1 aromatic rings. The Morgan fingerprint density at radius 3 is 2.05 bits per heavy atom. The van der Waals surface area contributed by atoms with Crippen molar-refractivity contribution in [2.45, 2.75) is 72.1 Å². The van der Waals surface area contributed by atoms with Gasteiger partial charge in [-0.2, -0.15) is 0 Å². The molecule has 0 N–H and O–H groups in total. The lowest BCUT2D eigenvalue weighted by molar-refractivity contribution is -0.389. The topological polar surface area (TPSA) is 68.9 Å². The molecule has 0 aliphatic rings. The van der Waals surface area contributed by atoms with Gasteiger partial charge in [-0.1, -0.05) is 59.8 Å². The Morgan fingerprint density at radius 2 is 1.70 bits per heavy atom. The van der Waals surface area contributed by atoms with E-state index >= 15 is 0 Å². The molecule has 1 rings (SSSR count). The lowest BCUT2D eigenvalue weighted by Gasteiger charge is -2.07. The Balaban J connectivity index is 0.000000621. The highest BCUT2D eigenvalue weighted by Crippen LogP contribution is 2.19. The summed E-state index contributed by atoms with van der Waals surface area (Å²) in [4.78, 5) is 17.6. The number of aromatic nitrogens is 2. The van der Waals surface area contributed by atoms with Gasteiger partial charge in [0.2, 0.25) is 0 Å². The van der Waals surface area contributed by atoms with Gasteiger partial charge in [-0.05, 0) is 16.3 Å². The van der Waals surface area contributed by atoms with Crippen LogP contribution in [0.3, 0.4) is 0 Å². The Morgan fingerprint density at radius 1 is 1.10 bits per heavy atom. The summed E-state index contributed by atoms with van der Waals surface area (Å²) >= 11 is 0. The van der Waals surface area contributed by atoms with Gasteiger partial charge in [-0.15, -0.1) is 0 Å². The molecule has 1 aromatic heterocycles. The van der Waals surface area contributed by atoms with E-state index in [9.17, 15) is 10.1 Å². The highest BCUT2D eigenvalue weighted by molar-refractivity contribution is 5.15. The van der Waals surface area contributed by atoms with Crippen LogP contribution >= 0.6 is 0 Å². The van der Waals surface area contributed by atoms with Crippen LogP contribution in [0, 0.1) is 10.1 Å². The van der Waals surface area contributed by atoms with Crippen LogP contribution < -0.4 is 0 Å². The minimum Gasteiger partial charge on any atom is -0.358 e. The van der Waals surface area contributed by atoms with Crippen molar-refractivity contribution >= 4 is 5.82 Å². The SMILES string of the molecule is CCCCC.CCCCC(C)c1cnc([N+](=O)[O-])cn1. The highest BCUT2D eigenvalue weighted by atomic mass is 16.6. The second kappa shape index (κ2) is 11.3. The first-order chi connectivity index (χ1) is 9.56. The van der Waals surface area contributed by atoms with Crippen molar-refractivity contribution in [1.29, 1.82) is 0 Å². The van der Waals surface area contributed by atoms with Crippen molar-refractivity contribution in [3.8, 4) is 0 Å². The molecular weight excluding hydrogens is 254 g/mol. The average Bonchev–Trinajstić information content (AvgIpc) is 2.46. The third-order valence-electron chi connectivity index (χ3n) is 3.05. The number of nitrogens with zero attached hydrogens (tertiary/aromatic N) is 3. The van der Waals surface area contributed by atoms with Gasteiger partial charge in [0.15, 0.2) is 6.20 Å². The fourth-order valence-electron chi connectivity index (χ4n) is 1.69. The molecule has 0 fully saturated rings. The molecular formula is C15H27N3O2. The highest BCUT2D eigenvalue weighted by Gasteiger charge is 2.12. The summed E-state index contributed by atoms with van der Waals surface area (Å²) in [5.74, 6) is 0.125. The van der Waals surface area contributed by atoms with Crippen LogP contribution in [0.2, 0.25) is 0 Å². The first kappa shape index (κ1) is 18.5. The van der Waals surface area contributed by atoms with E-state index in [1.54, 1.807) is 0 Å². The molecule has 1 atom stereocenters. The molecule has 0 saturated carbocycles. The van der Waals surface area contributed by atoms with Gasteiger partial charge in [0.1, 0.15) is 6.20 Å². The Labute approximate surface area is 122 Å². The third-order valence-corrected chi connectivity index (χ3v) is 3.05. The van der Waals surface area contributed by atoms with Crippen LogP contribution in [0.4, 0.5) is 5.82 Å². The average molecular weight is 281 g/mol. The van der Waals surface area contributed by atoms with E-state index < -0.39 is 4.92 Å².